The predicted molar refractivity (Wildman–Crippen MR) is 122 cm³/mol. The lowest BCUT2D eigenvalue weighted by molar-refractivity contribution is 0.0472. The minimum atomic E-state index is -0.496. The highest BCUT2D eigenvalue weighted by Gasteiger charge is 2.11. The number of aromatic nitrogens is 1. The summed E-state index contributed by atoms with van der Waals surface area (Å²) < 4.78 is 6.82. The van der Waals surface area contributed by atoms with E-state index in [4.69, 9.17) is 16.3 Å². The Morgan fingerprint density at radius 1 is 0.806 bits per heavy atom. The second kappa shape index (κ2) is 9.45. The molecule has 0 radical (unpaired) electrons. The summed E-state index contributed by atoms with van der Waals surface area (Å²) in [6.45, 7) is 0.154. The van der Waals surface area contributed by atoms with Gasteiger partial charge in [0.25, 0.3) is 5.56 Å². The molecule has 4 nitrogen and oxygen atoms in total. The van der Waals surface area contributed by atoms with Crippen molar-refractivity contribution in [3.8, 4) is 5.69 Å². The molecule has 0 aliphatic heterocycles. The average Bonchev–Trinajstić information content (AvgIpc) is 2.79. The summed E-state index contributed by atoms with van der Waals surface area (Å²) in [6, 6.07) is 27.9. The van der Waals surface area contributed by atoms with Crippen LogP contribution in [0.25, 0.3) is 5.69 Å². The number of benzene rings is 3. The van der Waals surface area contributed by atoms with Crippen LogP contribution in [0.15, 0.2) is 102 Å². The molecular formula is C26H20ClNO3. The van der Waals surface area contributed by atoms with Crippen LogP contribution in [0.1, 0.15) is 27.0 Å². The first-order valence-electron chi connectivity index (χ1n) is 9.86. The molecule has 0 N–H and O–H groups in total. The van der Waals surface area contributed by atoms with Gasteiger partial charge in [-0.05, 0) is 47.4 Å². The third-order valence-electron chi connectivity index (χ3n) is 4.88. The standard InChI is InChI=1S/C26H20ClNO3/c27-23-7-4-8-24(16-23)28-17-22(13-14-25(28)29)26(30)31-18-21-11-9-20(10-12-21)15-19-5-2-1-3-6-19/h1-14,16-17H,15,18H2. The third kappa shape index (κ3) is 5.30. The van der Waals surface area contributed by atoms with Gasteiger partial charge in [0.05, 0.1) is 11.3 Å². The van der Waals surface area contributed by atoms with Crippen LogP contribution in [-0.4, -0.2) is 10.5 Å². The van der Waals surface area contributed by atoms with Crippen LogP contribution in [0.4, 0.5) is 0 Å². The monoisotopic (exact) mass is 429 g/mol. The normalized spacial score (nSPS) is 10.6. The van der Waals surface area contributed by atoms with Crippen molar-refractivity contribution >= 4 is 17.6 Å². The molecule has 0 atom stereocenters. The first-order chi connectivity index (χ1) is 15.1. The van der Waals surface area contributed by atoms with Gasteiger partial charge in [-0.15, -0.1) is 0 Å². The van der Waals surface area contributed by atoms with Crippen molar-refractivity contribution in [1.82, 2.24) is 4.57 Å². The molecule has 0 spiro atoms. The summed E-state index contributed by atoms with van der Waals surface area (Å²) in [5.74, 6) is -0.496. The fraction of sp³-hybridized carbons (Fsp3) is 0.0769. The van der Waals surface area contributed by atoms with E-state index in [2.05, 4.69) is 12.1 Å². The predicted octanol–water partition coefficient (Wildman–Crippen LogP) is 5.44. The van der Waals surface area contributed by atoms with Gasteiger partial charge in [0.1, 0.15) is 6.61 Å². The fourth-order valence-corrected chi connectivity index (χ4v) is 3.44. The van der Waals surface area contributed by atoms with Crippen LogP contribution in [0, 0.1) is 0 Å². The Hall–Kier alpha value is -3.63. The Balaban J connectivity index is 1.42. The number of pyridine rings is 1. The van der Waals surface area contributed by atoms with E-state index in [-0.39, 0.29) is 12.2 Å². The van der Waals surface area contributed by atoms with Crippen molar-refractivity contribution in [3.63, 3.8) is 0 Å². The molecule has 0 aliphatic rings. The number of hydrogen-bond donors (Lipinski definition) is 0. The Bertz CT molecular complexity index is 1250. The van der Waals surface area contributed by atoms with Crippen LogP contribution >= 0.6 is 11.6 Å². The number of esters is 1. The van der Waals surface area contributed by atoms with Crippen LogP contribution in [0.2, 0.25) is 5.02 Å². The molecule has 4 aromatic rings. The Kier molecular flexibility index (Phi) is 6.29. The number of halogens is 1. The summed E-state index contributed by atoms with van der Waals surface area (Å²) in [5.41, 5.74) is 3.95. The molecule has 3 aromatic carbocycles. The van der Waals surface area contributed by atoms with E-state index in [1.165, 1.54) is 34.0 Å². The molecule has 5 heteroatoms. The fourth-order valence-electron chi connectivity index (χ4n) is 3.25. The maximum Gasteiger partial charge on any atom is 0.339 e. The van der Waals surface area contributed by atoms with Gasteiger partial charge in [-0.25, -0.2) is 4.79 Å². The Labute approximate surface area is 185 Å². The van der Waals surface area contributed by atoms with E-state index in [0.29, 0.717) is 16.3 Å². The summed E-state index contributed by atoms with van der Waals surface area (Å²) in [4.78, 5) is 24.7. The number of nitrogens with zero attached hydrogens (tertiary/aromatic N) is 1. The quantitative estimate of drug-likeness (QED) is 0.383. The molecule has 31 heavy (non-hydrogen) atoms. The topological polar surface area (TPSA) is 48.3 Å². The first-order valence-corrected chi connectivity index (χ1v) is 10.2. The van der Waals surface area contributed by atoms with Gasteiger partial charge in [0.15, 0.2) is 0 Å². The Morgan fingerprint density at radius 2 is 1.52 bits per heavy atom. The summed E-state index contributed by atoms with van der Waals surface area (Å²) in [5, 5.41) is 0.507. The van der Waals surface area contributed by atoms with Crippen molar-refractivity contribution in [2.45, 2.75) is 13.0 Å². The number of carbonyl (C=O) groups excluding carboxylic acids is 1. The van der Waals surface area contributed by atoms with Gasteiger partial charge in [0.2, 0.25) is 0 Å². The van der Waals surface area contributed by atoms with Crippen LogP contribution in [-0.2, 0) is 17.8 Å². The first kappa shape index (κ1) is 20.6. The molecule has 1 aromatic heterocycles. The van der Waals surface area contributed by atoms with Crippen LogP contribution in [0.3, 0.4) is 0 Å². The summed E-state index contributed by atoms with van der Waals surface area (Å²) in [6.07, 6.45) is 2.32. The molecular weight excluding hydrogens is 410 g/mol. The second-order valence-electron chi connectivity index (χ2n) is 7.16. The summed E-state index contributed by atoms with van der Waals surface area (Å²) in [7, 11) is 0. The van der Waals surface area contributed by atoms with E-state index < -0.39 is 5.97 Å². The molecule has 4 rings (SSSR count). The maximum atomic E-state index is 12.5. The molecule has 0 bridgehead atoms. The third-order valence-corrected chi connectivity index (χ3v) is 5.11. The minimum absolute atomic E-state index is 0.154. The molecule has 0 unspecified atom stereocenters. The van der Waals surface area contributed by atoms with Crippen LogP contribution < -0.4 is 5.56 Å². The zero-order valence-corrected chi connectivity index (χ0v) is 17.5. The average molecular weight is 430 g/mol. The van der Waals surface area contributed by atoms with Crippen molar-refractivity contribution < 1.29 is 9.53 Å². The van der Waals surface area contributed by atoms with Gasteiger partial charge in [-0.3, -0.25) is 9.36 Å². The zero-order chi connectivity index (χ0) is 21.6. The van der Waals surface area contributed by atoms with Crippen molar-refractivity contribution in [3.05, 3.63) is 135 Å². The van der Waals surface area contributed by atoms with Crippen molar-refractivity contribution in [2.75, 3.05) is 0 Å². The molecule has 1 heterocycles. The lowest BCUT2D eigenvalue weighted by Crippen LogP contribution is -2.19. The van der Waals surface area contributed by atoms with Gasteiger partial charge in [-0.2, -0.15) is 0 Å². The minimum Gasteiger partial charge on any atom is -0.457 e. The molecule has 0 fully saturated rings. The van der Waals surface area contributed by atoms with Gasteiger partial charge < -0.3 is 4.74 Å². The zero-order valence-electron chi connectivity index (χ0n) is 16.7. The SMILES string of the molecule is O=C(OCc1ccc(Cc2ccccc2)cc1)c1ccc(=O)n(-c2cccc(Cl)c2)c1. The molecule has 0 saturated heterocycles. The smallest absolute Gasteiger partial charge is 0.339 e. The van der Waals surface area contributed by atoms with Gasteiger partial charge in [0, 0.05) is 17.3 Å². The number of rotatable bonds is 6. The lowest BCUT2D eigenvalue weighted by Gasteiger charge is -2.09. The number of ether oxygens (including phenoxy) is 1. The maximum absolute atomic E-state index is 12.5. The van der Waals surface area contributed by atoms with Crippen LogP contribution in [0.5, 0.6) is 0 Å². The number of carbonyl (C=O) groups is 1. The van der Waals surface area contributed by atoms with Gasteiger partial charge in [-0.1, -0.05) is 72.3 Å². The van der Waals surface area contributed by atoms with E-state index in [9.17, 15) is 9.59 Å². The highest BCUT2D eigenvalue weighted by molar-refractivity contribution is 6.30. The lowest BCUT2D eigenvalue weighted by atomic mass is 10.0. The molecule has 0 aliphatic carbocycles. The molecule has 0 amide bonds. The van der Waals surface area contributed by atoms with E-state index in [0.717, 1.165) is 12.0 Å². The Morgan fingerprint density at radius 3 is 2.26 bits per heavy atom. The van der Waals surface area contributed by atoms with Gasteiger partial charge >= 0.3 is 5.97 Å². The van der Waals surface area contributed by atoms with E-state index >= 15 is 0 Å². The van der Waals surface area contributed by atoms with Crippen molar-refractivity contribution in [2.24, 2.45) is 0 Å². The van der Waals surface area contributed by atoms with Crippen molar-refractivity contribution in [1.29, 1.82) is 0 Å². The highest BCUT2D eigenvalue weighted by atomic mass is 35.5. The highest BCUT2D eigenvalue weighted by Crippen LogP contribution is 2.15. The molecule has 154 valence electrons. The second-order valence-corrected chi connectivity index (χ2v) is 7.60. The largest absolute Gasteiger partial charge is 0.457 e. The molecule has 0 saturated carbocycles. The summed E-state index contributed by atoms with van der Waals surface area (Å²) >= 11 is 6.02. The van der Waals surface area contributed by atoms with E-state index in [1.54, 1.807) is 24.3 Å². The number of hydrogen-bond acceptors (Lipinski definition) is 3. The van der Waals surface area contributed by atoms with E-state index in [1.807, 2.05) is 42.5 Å².